The fourth-order valence-corrected chi connectivity index (χ4v) is 3.76. The van der Waals surface area contributed by atoms with Crippen LogP contribution in [0.4, 0.5) is 5.69 Å². The Labute approximate surface area is 132 Å². The smallest absolute Gasteiger partial charge is 0.150 e. The van der Waals surface area contributed by atoms with Gasteiger partial charge in [-0.2, -0.15) is 0 Å². The van der Waals surface area contributed by atoms with E-state index in [0.717, 1.165) is 35.1 Å². The molecule has 4 nitrogen and oxygen atoms in total. The molecule has 21 heavy (non-hydrogen) atoms. The van der Waals surface area contributed by atoms with Crippen molar-refractivity contribution < 1.29 is 0 Å². The van der Waals surface area contributed by atoms with E-state index in [0.29, 0.717) is 0 Å². The van der Waals surface area contributed by atoms with Crippen molar-refractivity contribution in [3.8, 4) is 0 Å². The Bertz CT molecular complexity index is 732. The zero-order valence-corrected chi connectivity index (χ0v) is 13.8. The topological polar surface area (TPSA) is 42.7 Å². The molecule has 2 aromatic heterocycles. The molecule has 110 valence electrons. The molecule has 0 bridgehead atoms. The Balaban J connectivity index is 1.73. The van der Waals surface area contributed by atoms with Gasteiger partial charge in [0, 0.05) is 18.4 Å². The predicted molar refractivity (Wildman–Crippen MR) is 91.2 cm³/mol. The molecular formula is C15H18N4S2. The summed E-state index contributed by atoms with van der Waals surface area (Å²) in [6, 6.07) is 6.34. The lowest BCUT2D eigenvalue weighted by atomic mass is 10.3. The number of hydrogen-bond donors (Lipinski definition) is 1. The lowest BCUT2D eigenvalue weighted by Crippen LogP contribution is -2.06. The van der Waals surface area contributed by atoms with E-state index in [2.05, 4.69) is 51.2 Å². The molecule has 0 saturated heterocycles. The van der Waals surface area contributed by atoms with Gasteiger partial charge in [0.25, 0.3) is 0 Å². The van der Waals surface area contributed by atoms with Gasteiger partial charge >= 0.3 is 0 Å². The van der Waals surface area contributed by atoms with Crippen LogP contribution in [0.3, 0.4) is 0 Å². The first-order valence-electron chi connectivity index (χ1n) is 6.97. The molecule has 0 aliphatic carbocycles. The van der Waals surface area contributed by atoms with Crippen molar-refractivity contribution >= 4 is 39.0 Å². The van der Waals surface area contributed by atoms with Crippen LogP contribution in [-0.4, -0.2) is 20.8 Å². The highest BCUT2D eigenvalue weighted by Gasteiger charge is 2.05. The quantitative estimate of drug-likeness (QED) is 0.690. The van der Waals surface area contributed by atoms with Crippen LogP contribution < -0.4 is 5.32 Å². The van der Waals surface area contributed by atoms with E-state index >= 15 is 0 Å². The summed E-state index contributed by atoms with van der Waals surface area (Å²) in [5.41, 5.74) is 3.42. The number of thioether (sulfide) groups is 1. The molecule has 0 atom stereocenters. The zero-order chi connectivity index (χ0) is 14.7. The second kappa shape index (κ2) is 6.49. The van der Waals surface area contributed by atoms with Crippen LogP contribution in [0.1, 0.15) is 19.0 Å². The third kappa shape index (κ3) is 3.22. The molecule has 6 heteroatoms. The van der Waals surface area contributed by atoms with Crippen LogP contribution in [0.15, 0.2) is 35.1 Å². The van der Waals surface area contributed by atoms with Crippen molar-refractivity contribution in [3.05, 3.63) is 36.4 Å². The molecule has 3 rings (SSSR count). The van der Waals surface area contributed by atoms with Gasteiger partial charge in [-0.05, 0) is 30.9 Å². The molecule has 0 fully saturated rings. The minimum Gasteiger partial charge on any atom is -0.379 e. The first-order valence-corrected chi connectivity index (χ1v) is 9.01. The van der Waals surface area contributed by atoms with Crippen LogP contribution in [0.2, 0.25) is 0 Å². The minimum absolute atomic E-state index is 0.791. The molecular weight excluding hydrogens is 300 g/mol. The van der Waals surface area contributed by atoms with Gasteiger partial charge in [-0.3, -0.25) is 0 Å². The summed E-state index contributed by atoms with van der Waals surface area (Å²) in [5, 5.41) is 3.48. The number of anilines is 1. The summed E-state index contributed by atoms with van der Waals surface area (Å²) in [5.74, 6) is 0. The molecule has 0 aliphatic rings. The normalized spacial score (nSPS) is 11.1. The highest BCUT2D eigenvalue weighted by molar-refractivity contribution is 8.00. The van der Waals surface area contributed by atoms with Gasteiger partial charge in [0.15, 0.2) is 4.34 Å². The first-order chi connectivity index (χ1) is 10.3. The fraction of sp³-hybridized carbons (Fsp3) is 0.333. The lowest BCUT2D eigenvalue weighted by molar-refractivity contribution is 0.651. The van der Waals surface area contributed by atoms with Gasteiger partial charge in [0.1, 0.15) is 0 Å². The second-order valence-electron chi connectivity index (χ2n) is 4.80. The number of aromatic nitrogens is 3. The van der Waals surface area contributed by atoms with E-state index in [-0.39, 0.29) is 0 Å². The summed E-state index contributed by atoms with van der Waals surface area (Å²) in [4.78, 5) is 8.79. The van der Waals surface area contributed by atoms with E-state index in [1.54, 1.807) is 23.1 Å². The van der Waals surface area contributed by atoms with Crippen molar-refractivity contribution in [3.63, 3.8) is 0 Å². The van der Waals surface area contributed by atoms with E-state index < -0.39 is 0 Å². The van der Waals surface area contributed by atoms with Crippen molar-refractivity contribution in [1.29, 1.82) is 0 Å². The average molecular weight is 318 g/mol. The maximum Gasteiger partial charge on any atom is 0.150 e. The monoisotopic (exact) mass is 318 g/mol. The van der Waals surface area contributed by atoms with Gasteiger partial charge in [0.2, 0.25) is 0 Å². The van der Waals surface area contributed by atoms with Crippen LogP contribution in [0.5, 0.6) is 0 Å². The molecule has 0 aliphatic heterocycles. The van der Waals surface area contributed by atoms with Crippen LogP contribution in [-0.2, 0) is 13.1 Å². The number of benzene rings is 1. The molecule has 0 radical (unpaired) electrons. The Morgan fingerprint density at radius 3 is 3.10 bits per heavy atom. The summed E-state index contributed by atoms with van der Waals surface area (Å²) in [6.07, 6.45) is 7.01. The number of rotatable bonds is 6. The van der Waals surface area contributed by atoms with Crippen molar-refractivity contribution in [2.75, 3.05) is 11.6 Å². The van der Waals surface area contributed by atoms with Gasteiger partial charge in [-0.25, -0.2) is 9.97 Å². The van der Waals surface area contributed by atoms with E-state index in [1.807, 2.05) is 12.5 Å². The number of hydrogen-bond acceptors (Lipinski definition) is 5. The first kappa shape index (κ1) is 14.4. The molecule has 1 N–H and O–H groups in total. The Morgan fingerprint density at radius 2 is 2.29 bits per heavy atom. The number of nitrogens with zero attached hydrogens (tertiary/aromatic N) is 3. The van der Waals surface area contributed by atoms with Crippen LogP contribution in [0.25, 0.3) is 10.2 Å². The molecule has 0 saturated carbocycles. The fourth-order valence-electron chi connectivity index (χ4n) is 2.23. The Kier molecular flexibility index (Phi) is 4.45. The third-order valence-electron chi connectivity index (χ3n) is 3.28. The summed E-state index contributed by atoms with van der Waals surface area (Å²) in [6.45, 7) is 3.99. The summed E-state index contributed by atoms with van der Waals surface area (Å²) in [7, 11) is 0. The number of thiazole rings is 1. The number of fused-ring (bicyclic) bond motifs is 1. The SMILES string of the molecule is CCCn1cncc1CNc1ccc2nc(SC)sc2c1. The average Bonchev–Trinajstić information content (AvgIpc) is 3.11. The van der Waals surface area contributed by atoms with E-state index in [4.69, 9.17) is 0 Å². The van der Waals surface area contributed by atoms with Gasteiger partial charge < -0.3 is 9.88 Å². The summed E-state index contributed by atoms with van der Waals surface area (Å²) >= 11 is 3.43. The van der Waals surface area contributed by atoms with Crippen molar-refractivity contribution in [2.24, 2.45) is 0 Å². The highest BCUT2D eigenvalue weighted by Crippen LogP contribution is 2.30. The molecule has 0 spiro atoms. The molecule has 0 unspecified atom stereocenters. The third-order valence-corrected chi connectivity index (χ3v) is 5.28. The Hall–Kier alpha value is -1.53. The minimum atomic E-state index is 0.791. The van der Waals surface area contributed by atoms with Gasteiger partial charge in [-0.1, -0.05) is 18.7 Å². The highest BCUT2D eigenvalue weighted by atomic mass is 32.2. The number of nitrogens with one attached hydrogen (secondary N) is 1. The predicted octanol–water partition coefficient (Wildman–Crippen LogP) is 4.24. The van der Waals surface area contributed by atoms with Crippen LogP contribution in [0, 0.1) is 0 Å². The maximum absolute atomic E-state index is 4.56. The second-order valence-corrected chi connectivity index (χ2v) is 6.88. The molecule has 0 amide bonds. The maximum atomic E-state index is 4.56. The largest absolute Gasteiger partial charge is 0.379 e. The van der Waals surface area contributed by atoms with E-state index in [1.165, 1.54) is 10.4 Å². The van der Waals surface area contributed by atoms with Gasteiger partial charge in [-0.15, -0.1) is 11.3 Å². The number of imidazole rings is 1. The summed E-state index contributed by atoms with van der Waals surface area (Å²) < 4.78 is 4.54. The standard InChI is InChI=1S/C15H18N4S2/c1-3-6-19-10-16-8-12(19)9-17-11-4-5-13-14(7-11)21-15(18-13)20-2/h4-5,7-8,10,17H,3,6,9H2,1-2H3. The molecule has 1 aromatic carbocycles. The van der Waals surface area contributed by atoms with Crippen molar-refractivity contribution in [2.45, 2.75) is 30.8 Å². The van der Waals surface area contributed by atoms with Gasteiger partial charge in [0.05, 0.1) is 28.8 Å². The molecule has 3 aromatic rings. The lowest BCUT2D eigenvalue weighted by Gasteiger charge is -2.09. The zero-order valence-electron chi connectivity index (χ0n) is 12.2. The number of aryl methyl sites for hydroxylation is 1. The van der Waals surface area contributed by atoms with Crippen LogP contribution >= 0.6 is 23.1 Å². The Morgan fingerprint density at radius 1 is 1.38 bits per heavy atom. The molecule has 2 heterocycles. The van der Waals surface area contributed by atoms with E-state index in [9.17, 15) is 0 Å². The van der Waals surface area contributed by atoms with Crippen molar-refractivity contribution in [1.82, 2.24) is 14.5 Å².